The molecule has 0 aliphatic rings. The summed E-state index contributed by atoms with van der Waals surface area (Å²) in [7, 11) is 0. The fourth-order valence-corrected chi connectivity index (χ4v) is 5.07. The number of nitrogens with one attached hydrogen (secondary N) is 1. The number of fused-ring (bicyclic) bond motifs is 2. The number of halogens is 4. The monoisotopic (exact) mass is 568 g/mol. The third-order valence-electron chi connectivity index (χ3n) is 5.85. The van der Waals surface area contributed by atoms with E-state index < -0.39 is 11.2 Å². The van der Waals surface area contributed by atoms with Crippen molar-refractivity contribution in [3.8, 4) is 22.6 Å². The number of benzene rings is 3. The fourth-order valence-electron chi connectivity index (χ4n) is 4.21. The standard InChI is InChI=1S/C25H12Cl4N6O2/c26-14-8-18(29)22-19(9-14)32-33-35(22)23-21(12-5-6-16(27)17(28)7-12)31-25(37)34(24(23)36)20-11-30-10-13-3-1-2-4-15(13)20/h1-11H,(H,31,37). The molecule has 0 radical (unpaired) electrons. The third kappa shape index (κ3) is 3.89. The van der Waals surface area contributed by atoms with Gasteiger partial charge in [0, 0.05) is 27.6 Å². The van der Waals surface area contributed by atoms with Crippen LogP contribution in [-0.4, -0.2) is 29.5 Å². The number of hydrogen-bond acceptors (Lipinski definition) is 5. The zero-order valence-corrected chi connectivity index (χ0v) is 21.4. The Morgan fingerprint density at radius 2 is 1.65 bits per heavy atom. The largest absolute Gasteiger partial charge is 0.333 e. The van der Waals surface area contributed by atoms with E-state index in [4.69, 9.17) is 46.4 Å². The Balaban J connectivity index is 1.76. The molecule has 0 unspecified atom stereocenters. The molecule has 0 aliphatic carbocycles. The molecule has 12 heteroatoms. The predicted molar refractivity (Wildman–Crippen MR) is 146 cm³/mol. The van der Waals surface area contributed by atoms with Crippen LogP contribution in [-0.2, 0) is 0 Å². The quantitative estimate of drug-likeness (QED) is 0.278. The van der Waals surface area contributed by atoms with Gasteiger partial charge in [0.25, 0.3) is 5.56 Å². The van der Waals surface area contributed by atoms with Gasteiger partial charge in [0.05, 0.1) is 32.6 Å². The number of hydrogen-bond donors (Lipinski definition) is 1. The van der Waals surface area contributed by atoms with Gasteiger partial charge >= 0.3 is 5.69 Å². The van der Waals surface area contributed by atoms with E-state index in [2.05, 4.69) is 20.3 Å². The van der Waals surface area contributed by atoms with Gasteiger partial charge in [-0.3, -0.25) is 9.78 Å². The van der Waals surface area contributed by atoms with Crippen molar-refractivity contribution in [3.05, 3.63) is 108 Å². The third-order valence-corrected chi connectivity index (χ3v) is 7.09. The number of aromatic amines is 1. The number of rotatable bonds is 3. The molecule has 0 bridgehead atoms. The summed E-state index contributed by atoms with van der Waals surface area (Å²) in [6.07, 6.45) is 3.10. The van der Waals surface area contributed by atoms with Crippen LogP contribution in [0.4, 0.5) is 0 Å². The highest BCUT2D eigenvalue weighted by atomic mass is 35.5. The van der Waals surface area contributed by atoms with E-state index in [1.165, 1.54) is 16.9 Å². The van der Waals surface area contributed by atoms with E-state index in [-0.39, 0.29) is 21.4 Å². The number of nitrogens with zero attached hydrogens (tertiary/aromatic N) is 5. The number of pyridine rings is 1. The van der Waals surface area contributed by atoms with E-state index in [0.29, 0.717) is 37.7 Å². The lowest BCUT2D eigenvalue weighted by Gasteiger charge is -2.15. The summed E-state index contributed by atoms with van der Waals surface area (Å²) in [5.41, 5.74) is 0.182. The maximum absolute atomic E-state index is 14.2. The van der Waals surface area contributed by atoms with Crippen molar-refractivity contribution in [2.45, 2.75) is 0 Å². The summed E-state index contributed by atoms with van der Waals surface area (Å²) in [6, 6.07) is 15.1. The normalized spacial score (nSPS) is 11.5. The van der Waals surface area contributed by atoms with E-state index in [1.54, 1.807) is 36.5 Å². The minimum absolute atomic E-state index is 0.0161. The zero-order valence-electron chi connectivity index (χ0n) is 18.4. The molecule has 8 nitrogen and oxygen atoms in total. The smallest absolute Gasteiger partial charge is 0.304 e. The van der Waals surface area contributed by atoms with Crippen LogP contribution < -0.4 is 11.2 Å². The summed E-state index contributed by atoms with van der Waals surface area (Å²) in [5, 5.41) is 10.9. The molecule has 3 heterocycles. The molecule has 1 N–H and O–H groups in total. The summed E-state index contributed by atoms with van der Waals surface area (Å²) in [6.45, 7) is 0. The van der Waals surface area contributed by atoms with Crippen LogP contribution in [0.1, 0.15) is 0 Å². The summed E-state index contributed by atoms with van der Waals surface area (Å²) >= 11 is 25.0. The molecule has 6 rings (SSSR count). The minimum atomic E-state index is -0.688. The SMILES string of the molecule is O=c1[nH]c(-c2ccc(Cl)c(Cl)c2)c(-n2nnc3cc(Cl)cc(Cl)c32)c(=O)n1-c1cncc2ccccc12. The van der Waals surface area contributed by atoms with Gasteiger partial charge in [0.15, 0.2) is 5.69 Å². The Morgan fingerprint density at radius 3 is 2.46 bits per heavy atom. The molecular weight excluding hydrogens is 558 g/mol. The summed E-state index contributed by atoms with van der Waals surface area (Å²) < 4.78 is 2.28. The molecule has 3 aromatic heterocycles. The van der Waals surface area contributed by atoms with Crippen LogP contribution in [0.3, 0.4) is 0 Å². The maximum Gasteiger partial charge on any atom is 0.333 e. The number of H-pyrrole nitrogens is 1. The summed E-state index contributed by atoms with van der Waals surface area (Å²) in [4.78, 5) is 34.7. The van der Waals surface area contributed by atoms with Gasteiger partial charge in [-0.25, -0.2) is 14.0 Å². The van der Waals surface area contributed by atoms with Crippen LogP contribution in [0.15, 0.2) is 76.6 Å². The van der Waals surface area contributed by atoms with Crippen molar-refractivity contribution in [2.75, 3.05) is 0 Å². The zero-order chi connectivity index (χ0) is 25.8. The topological polar surface area (TPSA) is 98.5 Å². The van der Waals surface area contributed by atoms with E-state index in [9.17, 15) is 9.59 Å². The molecule has 0 saturated carbocycles. The van der Waals surface area contributed by atoms with Crippen LogP contribution in [0.5, 0.6) is 0 Å². The molecule has 3 aromatic carbocycles. The van der Waals surface area contributed by atoms with E-state index in [0.717, 1.165) is 9.95 Å². The first-order valence-corrected chi connectivity index (χ1v) is 12.2. The molecule has 0 spiro atoms. The van der Waals surface area contributed by atoms with Crippen molar-refractivity contribution < 1.29 is 0 Å². The molecule has 0 aliphatic heterocycles. The first-order valence-electron chi connectivity index (χ1n) is 10.7. The van der Waals surface area contributed by atoms with Crippen molar-refractivity contribution in [2.24, 2.45) is 0 Å². The molecule has 6 aromatic rings. The fraction of sp³-hybridized carbons (Fsp3) is 0. The van der Waals surface area contributed by atoms with Gasteiger partial charge in [-0.2, -0.15) is 0 Å². The predicted octanol–water partition coefficient (Wildman–Crippen LogP) is 6.09. The second kappa shape index (κ2) is 9.00. The average molecular weight is 570 g/mol. The number of aromatic nitrogens is 6. The van der Waals surface area contributed by atoms with Gasteiger partial charge in [-0.1, -0.05) is 81.9 Å². The lowest BCUT2D eigenvalue weighted by atomic mass is 10.1. The maximum atomic E-state index is 14.2. The molecule has 0 fully saturated rings. The lowest BCUT2D eigenvalue weighted by molar-refractivity contribution is 0.779. The van der Waals surface area contributed by atoms with Crippen molar-refractivity contribution in [1.82, 2.24) is 29.5 Å². The molecule has 0 atom stereocenters. The van der Waals surface area contributed by atoms with Gasteiger partial charge < -0.3 is 4.98 Å². The molecule has 182 valence electrons. The Labute approximate surface area is 227 Å². The van der Waals surface area contributed by atoms with Crippen molar-refractivity contribution >= 4 is 68.2 Å². The lowest BCUT2D eigenvalue weighted by Crippen LogP contribution is -2.37. The first kappa shape index (κ1) is 23.7. The highest BCUT2D eigenvalue weighted by Crippen LogP contribution is 2.32. The molecule has 0 amide bonds. The highest BCUT2D eigenvalue weighted by molar-refractivity contribution is 6.42. The van der Waals surface area contributed by atoms with Crippen LogP contribution in [0.25, 0.3) is 44.4 Å². The van der Waals surface area contributed by atoms with Gasteiger partial charge in [0.1, 0.15) is 11.0 Å². The van der Waals surface area contributed by atoms with Crippen molar-refractivity contribution in [3.63, 3.8) is 0 Å². The first-order chi connectivity index (χ1) is 17.8. The van der Waals surface area contributed by atoms with Gasteiger partial charge in [-0.15, -0.1) is 5.10 Å². The molecular formula is C25H12Cl4N6O2. The average Bonchev–Trinajstić information content (AvgIpc) is 3.29. The Hall–Kier alpha value is -3.69. The van der Waals surface area contributed by atoms with Gasteiger partial charge in [0.2, 0.25) is 0 Å². The Bertz CT molecular complexity index is 1990. The molecule has 0 saturated heterocycles. The molecule has 37 heavy (non-hydrogen) atoms. The van der Waals surface area contributed by atoms with Crippen molar-refractivity contribution in [1.29, 1.82) is 0 Å². The summed E-state index contributed by atoms with van der Waals surface area (Å²) in [5.74, 6) is 0. The second-order valence-electron chi connectivity index (χ2n) is 8.06. The minimum Gasteiger partial charge on any atom is -0.304 e. The highest BCUT2D eigenvalue weighted by Gasteiger charge is 2.24. The van der Waals surface area contributed by atoms with Gasteiger partial charge in [-0.05, 0) is 24.3 Å². The van der Waals surface area contributed by atoms with E-state index >= 15 is 0 Å². The van der Waals surface area contributed by atoms with Crippen LogP contribution in [0, 0.1) is 0 Å². The van der Waals surface area contributed by atoms with Crippen LogP contribution >= 0.6 is 46.4 Å². The van der Waals surface area contributed by atoms with E-state index in [1.807, 2.05) is 18.2 Å². The second-order valence-corrected chi connectivity index (χ2v) is 9.72. The Morgan fingerprint density at radius 1 is 0.838 bits per heavy atom. The Kier molecular flexibility index (Phi) is 5.77. The van der Waals surface area contributed by atoms with Crippen LogP contribution in [0.2, 0.25) is 20.1 Å².